The van der Waals surface area contributed by atoms with E-state index in [0.29, 0.717) is 6.42 Å². The van der Waals surface area contributed by atoms with Crippen molar-refractivity contribution in [1.29, 1.82) is 0 Å². The monoisotopic (exact) mass is 327 g/mol. The van der Waals surface area contributed by atoms with Crippen LogP contribution in [0.15, 0.2) is 42.5 Å². The van der Waals surface area contributed by atoms with Crippen molar-refractivity contribution in [2.75, 3.05) is 12.4 Å². The topological polar surface area (TPSA) is 58.6 Å². The number of benzene rings is 2. The van der Waals surface area contributed by atoms with Crippen LogP contribution in [0.3, 0.4) is 0 Å². The van der Waals surface area contributed by atoms with Crippen molar-refractivity contribution in [2.24, 2.45) is 0 Å². The fraction of sp³-hybridized carbons (Fsp3) is 0.350. The van der Waals surface area contributed by atoms with Crippen LogP contribution in [0.25, 0.3) is 0 Å². The minimum Gasteiger partial charge on any atom is -0.497 e. The standard InChI is InChI=1S/C20H25NO3/c1-15-7-8-17(14-22)13-19(15)21-20(23)6-4-3-5-16-9-11-18(24-2)12-10-16/h7-13,22H,3-6,14H2,1-2H3,(H,21,23). The lowest BCUT2D eigenvalue weighted by Crippen LogP contribution is -2.12. The first-order chi connectivity index (χ1) is 11.6. The zero-order chi connectivity index (χ0) is 17.4. The molecule has 0 aliphatic rings. The van der Waals surface area contributed by atoms with Crippen LogP contribution in [0.4, 0.5) is 5.69 Å². The number of amides is 1. The van der Waals surface area contributed by atoms with Gasteiger partial charge in [0, 0.05) is 12.1 Å². The Morgan fingerprint density at radius 1 is 1.08 bits per heavy atom. The molecule has 0 saturated heterocycles. The van der Waals surface area contributed by atoms with E-state index in [1.807, 2.05) is 37.3 Å². The molecule has 0 aliphatic carbocycles. The van der Waals surface area contributed by atoms with Gasteiger partial charge in [-0.15, -0.1) is 0 Å². The summed E-state index contributed by atoms with van der Waals surface area (Å²) >= 11 is 0. The zero-order valence-corrected chi connectivity index (χ0v) is 14.3. The molecule has 0 aliphatic heterocycles. The number of aryl methyl sites for hydroxylation is 2. The van der Waals surface area contributed by atoms with Gasteiger partial charge in [0.25, 0.3) is 0 Å². The number of aliphatic hydroxyl groups excluding tert-OH is 1. The molecule has 4 heteroatoms. The molecule has 0 heterocycles. The highest BCUT2D eigenvalue weighted by molar-refractivity contribution is 5.91. The Hall–Kier alpha value is -2.33. The van der Waals surface area contributed by atoms with Crippen LogP contribution in [0.2, 0.25) is 0 Å². The lowest BCUT2D eigenvalue weighted by molar-refractivity contribution is -0.116. The molecule has 0 saturated carbocycles. The molecule has 0 bridgehead atoms. The molecule has 1 amide bonds. The molecular weight excluding hydrogens is 302 g/mol. The van der Waals surface area contributed by atoms with Gasteiger partial charge in [-0.3, -0.25) is 4.79 Å². The Labute approximate surface area is 143 Å². The minimum atomic E-state index is -0.0228. The molecule has 0 radical (unpaired) electrons. The Morgan fingerprint density at radius 2 is 1.79 bits per heavy atom. The number of anilines is 1. The zero-order valence-electron chi connectivity index (χ0n) is 14.3. The number of hydrogen-bond donors (Lipinski definition) is 2. The molecule has 0 spiro atoms. The Morgan fingerprint density at radius 3 is 2.46 bits per heavy atom. The summed E-state index contributed by atoms with van der Waals surface area (Å²) in [5.41, 5.74) is 3.83. The van der Waals surface area contributed by atoms with Crippen LogP contribution < -0.4 is 10.1 Å². The second-order valence-corrected chi connectivity index (χ2v) is 5.91. The van der Waals surface area contributed by atoms with Crippen molar-refractivity contribution in [3.8, 4) is 5.75 Å². The summed E-state index contributed by atoms with van der Waals surface area (Å²) in [5.74, 6) is 0.876. The van der Waals surface area contributed by atoms with Crippen LogP contribution in [0, 0.1) is 6.92 Å². The van der Waals surface area contributed by atoms with E-state index in [1.54, 1.807) is 7.11 Å². The number of carbonyl (C=O) groups is 1. The molecule has 0 unspecified atom stereocenters. The maximum atomic E-state index is 12.1. The third kappa shape index (κ3) is 5.39. The molecule has 2 aromatic carbocycles. The fourth-order valence-corrected chi connectivity index (χ4v) is 2.52. The van der Waals surface area contributed by atoms with E-state index < -0.39 is 0 Å². The SMILES string of the molecule is COc1ccc(CCCCC(=O)Nc2cc(CO)ccc2C)cc1. The largest absolute Gasteiger partial charge is 0.497 e. The van der Waals surface area contributed by atoms with Gasteiger partial charge in [0.05, 0.1) is 13.7 Å². The summed E-state index contributed by atoms with van der Waals surface area (Å²) in [6, 6.07) is 13.6. The third-order valence-corrected chi connectivity index (χ3v) is 4.04. The van der Waals surface area contributed by atoms with Gasteiger partial charge in [-0.05, 0) is 61.1 Å². The minimum absolute atomic E-state index is 0.0166. The van der Waals surface area contributed by atoms with Crippen LogP contribution >= 0.6 is 0 Å². The van der Waals surface area contributed by atoms with Crippen molar-refractivity contribution >= 4 is 11.6 Å². The van der Waals surface area contributed by atoms with Gasteiger partial charge in [-0.2, -0.15) is 0 Å². The van der Waals surface area contributed by atoms with Gasteiger partial charge < -0.3 is 15.2 Å². The number of carbonyl (C=O) groups excluding carboxylic acids is 1. The Balaban J connectivity index is 1.75. The van der Waals surface area contributed by atoms with Crippen molar-refractivity contribution in [3.05, 3.63) is 59.2 Å². The van der Waals surface area contributed by atoms with Gasteiger partial charge >= 0.3 is 0 Å². The molecule has 0 fully saturated rings. The lowest BCUT2D eigenvalue weighted by Gasteiger charge is -2.10. The summed E-state index contributed by atoms with van der Waals surface area (Å²) in [5, 5.41) is 12.1. The summed E-state index contributed by atoms with van der Waals surface area (Å²) in [4.78, 5) is 12.1. The fourth-order valence-electron chi connectivity index (χ4n) is 2.52. The summed E-state index contributed by atoms with van der Waals surface area (Å²) < 4.78 is 5.14. The average Bonchev–Trinajstić information content (AvgIpc) is 2.61. The van der Waals surface area contributed by atoms with E-state index in [2.05, 4.69) is 17.4 Å². The van der Waals surface area contributed by atoms with Crippen molar-refractivity contribution < 1.29 is 14.6 Å². The highest BCUT2D eigenvalue weighted by Crippen LogP contribution is 2.18. The molecule has 0 aromatic heterocycles. The Bertz CT molecular complexity index is 665. The maximum Gasteiger partial charge on any atom is 0.224 e. The third-order valence-electron chi connectivity index (χ3n) is 4.04. The first-order valence-electron chi connectivity index (χ1n) is 8.25. The molecule has 2 N–H and O–H groups in total. The molecule has 2 rings (SSSR count). The van der Waals surface area contributed by atoms with E-state index >= 15 is 0 Å². The number of aliphatic hydroxyl groups is 1. The Kier molecular flexibility index (Phi) is 6.82. The molecule has 4 nitrogen and oxygen atoms in total. The maximum absolute atomic E-state index is 12.1. The van der Waals surface area contributed by atoms with E-state index in [1.165, 1.54) is 5.56 Å². The molecule has 128 valence electrons. The van der Waals surface area contributed by atoms with Crippen LogP contribution in [0.5, 0.6) is 5.75 Å². The van der Waals surface area contributed by atoms with E-state index in [-0.39, 0.29) is 12.5 Å². The van der Waals surface area contributed by atoms with Gasteiger partial charge in [0.2, 0.25) is 5.91 Å². The number of rotatable bonds is 8. The van der Waals surface area contributed by atoms with Gasteiger partial charge in [-0.25, -0.2) is 0 Å². The van der Waals surface area contributed by atoms with E-state index in [0.717, 1.165) is 41.8 Å². The molecule has 0 atom stereocenters. The highest BCUT2D eigenvalue weighted by Gasteiger charge is 2.06. The quantitative estimate of drug-likeness (QED) is 0.724. The van der Waals surface area contributed by atoms with Gasteiger partial charge in [0.15, 0.2) is 0 Å². The predicted molar refractivity (Wildman–Crippen MR) is 96.3 cm³/mol. The lowest BCUT2D eigenvalue weighted by atomic mass is 10.1. The van der Waals surface area contributed by atoms with Gasteiger partial charge in [-0.1, -0.05) is 24.3 Å². The number of hydrogen-bond acceptors (Lipinski definition) is 3. The number of ether oxygens (including phenoxy) is 1. The number of nitrogens with one attached hydrogen (secondary N) is 1. The number of unbranched alkanes of at least 4 members (excludes halogenated alkanes) is 1. The predicted octanol–water partition coefficient (Wildman–Crippen LogP) is 3.85. The van der Waals surface area contributed by atoms with Crippen molar-refractivity contribution in [2.45, 2.75) is 39.2 Å². The van der Waals surface area contributed by atoms with Crippen LogP contribution in [0.1, 0.15) is 36.0 Å². The summed E-state index contributed by atoms with van der Waals surface area (Å²) in [6.07, 6.45) is 3.27. The first-order valence-corrected chi connectivity index (χ1v) is 8.25. The van der Waals surface area contributed by atoms with Crippen molar-refractivity contribution in [3.63, 3.8) is 0 Å². The van der Waals surface area contributed by atoms with E-state index in [9.17, 15) is 9.90 Å². The molecule has 2 aromatic rings. The molecule has 24 heavy (non-hydrogen) atoms. The number of methoxy groups -OCH3 is 1. The van der Waals surface area contributed by atoms with Crippen LogP contribution in [-0.4, -0.2) is 18.1 Å². The van der Waals surface area contributed by atoms with E-state index in [4.69, 9.17) is 4.74 Å². The van der Waals surface area contributed by atoms with Crippen LogP contribution in [-0.2, 0) is 17.8 Å². The first kappa shape index (κ1) is 18.0. The van der Waals surface area contributed by atoms with Gasteiger partial charge in [0.1, 0.15) is 5.75 Å². The summed E-state index contributed by atoms with van der Waals surface area (Å²) in [7, 11) is 1.66. The second-order valence-electron chi connectivity index (χ2n) is 5.91. The smallest absolute Gasteiger partial charge is 0.224 e. The van der Waals surface area contributed by atoms with Crippen molar-refractivity contribution in [1.82, 2.24) is 0 Å². The summed E-state index contributed by atoms with van der Waals surface area (Å²) in [6.45, 7) is 1.92. The normalized spacial score (nSPS) is 10.5. The second kappa shape index (κ2) is 9.08. The average molecular weight is 327 g/mol. The highest BCUT2D eigenvalue weighted by atomic mass is 16.5. The molecular formula is C20H25NO3.